The Morgan fingerprint density at radius 3 is 2.78 bits per heavy atom. The first-order valence-corrected chi connectivity index (χ1v) is 6.81. The molecule has 1 fully saturated rings. The molecule has 18 heavy (non-hydrogen) atoms. The van der Waals surface area contributed by atoms with Crippen LogP contribution in [-0.4, -0.2) is 59.2 Å². The van der Waals surface area contributed by atoms with Gasteiger partial charge in [-0.3, -0.25) is 14.8 Å². The topological polar surface area (TPSA) is 39.6 Å². The fraction of sp³-hybridized carbons (Fsp3) is 0.615. The van der Waals surface area contributed by atoms with Crippen LogP contribution < -0.4 is 0 Å². The summed E-state index contributed by atoms with van der Waals surface area (Å²) >= 11 is 6.13. The Kier molecular flexibility index (Phi) is 5.38. The third-order valence-electron chi connectivity index (χ3n) is 3.35. The molecule has 0 amide bonds. The molecule has 0 aliphatic carbocycles. The summed E-state index contributed by atoms with van der Waals surface area (Å²) in [6, 6.07) is 1.98. The summed E-state index contributed by atoms with van der Waals surface area (Å²) in [6.45, 7) is 6.11. The average Bonchev–Trinajstić information content (AvgIpc) is 2.59. The van der Waals surface area contributed by atoms with Crippen molar-refractivity contribution in [2.45, 2.75) is 13.0 Å². The van der Waals surface area contributed by atoms with Crippen molar-refractivity contribution in [1.82, 2.24) is 14.8 Å². The Balaban J connectivity index is 1.89. The van der Waals surface area contributed by atoms with Crippen LogP contribution in [0.3, 0.4) is 0 Å². The number of rotatable bonds is 4. The van der Waals surface area contributed by atoms with Crippen LogP contribution in [0.5, 0.6) is 0 Å². The summed E-state index contributed by atoms with van der Waals surface area (Å²) in [7, 11) is 0. The largest absolute Gasteiger partial charge is 0.395 e. The SMILES string of the molecule is OCCN1CCCN(Cc2ccncc2Cl)CC1. The lowest BCUT2D eigenvalue weighted by molar-refractivity contribution is 0.196. The van der Waals surface area contributed by atoms with Gasteiger partial charge in [0.05, 0.1) is 11.6 Å². The molecule has 0 spiro atoms. The normalized spacial score (nSPS) is 18.8. The Hall–Kier alpha value is -0.680. The first-order valence-electron chi connectivity index (χ1n) is 6.43. The van der Waals surface area contributed by atoms with E-state index in [1.165, 1.54) is 0 Å². The Labute approximate surface area is 113 Å². The predicted molar refractivity (Wildman–Crippen MR) is 72.7 cm³/mol. The summed E-state index contributed by atoms with van der Waals surface area (Å²) in [5, 5.41) is 9.71. The highest BCUT2D eigenvalue weighted by Gasteiger charge is 2.15. The number of aliphatic hydroxyl groups is 1. The van der Waals surface area contributed by atoms with Crippen molar-refractivity contribution in [3.63, 3.8) is 0 Å². The standard InChI is InChI=1S/C13H20ClN3O/c14-13-10-15-3-2-12(13)11-17-5-1-4-16(6-7-17)8-9-18/h2-3,10,18H,1,4-9,11H2. The molecule has 1 aromatic rings. The monoisotopic (exact) mass is 269 g/mol. The van der Waals surface area contributed by atoms with Crippen molar-refractivity contribution >= 4 is 11.6 Å². The van der Waals surface area contributed by atoms with Crippen LogP contribution in [0.4, 0.5) is 0 Å². The van der Waals surface area contributed by atoms with Crippen molar-refractivity contribution in [1.29, 1.82) is 0 Å². The van der Waals surface area contributed by atoms with Crippen molar-refractivity contribution in [3.8, 4) is 0 Å². The zero-order valence-corrected chi connectivity index (χ0v) is 11.3. The highest BCUT2D eigenvalue weighted by Crippen LogP contribution is 2.16. The highest BCUT2D eigenvalue weighted by molar-refractivity contribution is 6.31. The summed E-state index contributed by atoms with van der Waals surface area (Å²) in [6.07, 6.45) is 4.63. The number of β-amino-alcohol motifs (C(OH)–C–C–N with tert-alkyl or cyclic N) is 1. The molecular formula is C13H20ClN3O. The smallest absolute Gasteiger partial charge is 0.0634 e. The Bertz CT molecular complexity index is 375. The molecule has 0 unspecified atom stereocenters. The van der Waals surface area contributed by atoms with Crippen LogP contribution in [0.15, 0.2) is 18.5 Å². The average molecular weight is 270 g/mol. The summed E-state index contributed by atoms with van der Waals surface area (Å²) in [4.78, 5) is 8.74. The van der Waals surface area contributed by atoms with Crippen LogP contribution in [0.2, 0.25) is 5.02 Å². The second-order valence-electron chi connectivity index (χ2n) is 4.66. The molecule has 0 radical (unpaired) electrons. The van der Waals surface area contributed by atoms with Gasteiger partial charge < -0.3 is 5.11 Å². The first kappa shape index (κ1) is 13.7. The van der Waals surface area contributed by atoms with Gasteiger partial charge >= 0.3 is 0 Å². The summed E-state index contributed by atoms with van der Waals surface area (Å²) < 4.78 is 0. The molecule has 0 bridgehead atoms. The van der Waals surface area contributed by atoms with Gasteiger partial charge in [0, 0.05) is 38.6 Å². The van der Waals surface area contributed by atoms with Gasteiger partial charge in [-0.25, -0.2) is 0 Å². The third kappa shape index (κ3) is 3.92. The number of hydrogen-bond acceptors (Lipinski definition) is 4. The van der Waals surface area contributed by atoms with E-state index < -0.39 is 0 Å². The van der Waals surface area contributed by atoms with Gasteiger partial charge in [-0.15, -0.1) is 0 Å². The predicted octanol–water partition coefficient (Wildman–Crippen LogP) is 1.23. The second-order valence-corrected chi connectivity index (χ2v) is 5.07. The molecular weight excluding hydrogens is 250 g/mol. The van der Waals surface area contributed by atoms with Crippen molar-refractivity contribution < 1.29 is 5.11 Å². The van der Waals surface area contributed by atoms with Crippen molar-refractivity contribution in [3.05, 3.63) is 29.0 Å². The van der Waals surface area contributed by atoms with E-state index in [-0.39, 0.29) is 6.61 Å². The minimum absolute atomic E-state index is 0.246. The number of nitrogens with zero attached hydrogens (tertiary/aromatic N) is 3. The molecule has 4 nitrogen and oxygen atoms in total. The van der Waals surface area contributed by atoms with E-state index in [9.17, 15) is 0 Å². The fourth-order valence-corrected chi connectivity index (χ4v) is 2.50. The van der Waals surface area contributed by atoms with Crippen LogP contribution in [0.1, 0.15) is 12.0 Å². The molecule has 1 aliphatic heterocycles. The van der Waals surface area contributed by atoms with Crippen LogP contribution in [-0.2, 0) is 6.54 Å². The number of aliphatic hydroxyl groups excluding tert-OH is 1. The quantitative estimate of drug-likeness (QED) is 0.893. The molecule has 2 heterocycles. The van der Waals surface area contributed by atoms with Gasteiger partial charge in [-0.2, -0.15) is 0 Å². The summed E-state index contributed by atoms with van der Waals surface area (Å²) in [5.74, 6) is 0. The zero-order chi connectivity index (χ0) is 12.8. The molecule has 1 aromatic heterocycles. The second kappa shape index (κ2) is 7.04. The molecule has 1 aliphatic rings. The maximum atomic E-state index is 8.97. The van der Waals surface area contributed by atoms with E-state index in [4.69, 9.17) is 16.7 Å². The van der Waals surface area contributed by atoms with E-state index >= 15 is 0 Å². The lowest BCUT2D eigenvalue weighted by Gasteiger charge is -2.21. The van der Waals surface area contributed by atoms with Crippen LogP contribution in [0.25, 0.3) is 0 Å². The Morgan fingerprint density at radius 1 is 1.22 bits per heavy atom. The Morgan fingerprint density at radius 2 is 2.00 bits per heavy atom. The minimum Gasteiger partial charge on any atom is -0.395 e. The maximum Gasteiger partial charge on any atom is 0.0634 e. The van der Waals surface area contributed by atoms with Gasteiger partial charge in [-0.05, 0) is 31.1 Å². The van der Waals surface area contributed by atoms with Crippen LogP contribution in [0, 0.1) is 0 Å². The fourth-order valence-electron chi connectivity index (χ4n) is 2.32. The van der Waals surface area contributed by atoms with Crippen molar-refractivity contribution in [2.75, 3.05) is 39.3 Å². The molecule has 1 saturated heterocycles. The summed E-state index contributed by atoms with van der Waals surface area (Å²) in [5.41, 5.74) is 1.14. The van der Waals surface area contributed by atoms with E-state index in [1.54, 1.807) is 12.4 Å². The highest BCUT2D eigenvalue weighted by atomic mass is 35.5. The van der Waals surface area contributed by atoms with Gasteiger partial charge in [0.15, 0.2) is 0 Å². The lowest BCUT2D eigenvalue weighted by atomic mass is 10.2. The first-order chi connectivity index (χ1) is 8.79. The minimum atomic E-state index is 0.246. The van der Waals surface area contributed by atoms with E-state index in [0.29, 0.717) is 0 Å². The number of halogens is 1. The lowest BCUT2D eigenvalue weighted by Crippen LogP contribution is -2.32. The van der Waals surface area contributed by atoms with Gasteiger partial charge in [0.25, 0.3) is 0 Å². The number of pyridine rings is 1. The van der Waals surface area contributed by atoms with E-state index in [0.717, 1.165) is 56.3 Å². The molecule has 1 N–H and O–H groups in total. The third-order valence-corrected chi connectivity index (χ3v) is 3.69. The molecule has 0 saturated carbocycles. The maximum absolute atomic E-state index is 8.97. The zero-order valence-electron chi connectivity index (χ0n) is 10.6. The van der Waals surface area contributed by atoms with E-state index in [1.807, 2.05) is 6.07 Å². The van der Waals surface area contributed by atoms with Crippen molar-refractivity contribution in [2.24, 2.45) is 0 Å². The molecule has 5 heteroatoms. The molecule has 0 aromatic carbocycles. The molecule has 2 rings (SSSR count). The molecule has 0 atom stereocenters. The van der Waals surface area contributed by atoms with E-state index in [2.05, 4.69) is 14.8 Å². The molecule has 100 valence electrons. The van der Waals surface area contributed by atoms with Gasteiger partial charge in [0.2, 0.25) is 0 Å². The van der Waals surface area contributed by atoms with Gasteiger partial charge in [0.1, 0.15) is 0 Å². The van der Waals surface area contributed by atoms with Crippen LogP contribution >= 0.6 is 11.6 Å². The van der Waals surface area contributed by atoms with Gasteiger partial charge in [-0.1, -0.05) is 11.6 Å². The number of aromatic nitrogens is 1. The number of hydrogen-bond donors (Lipinski definition) is 1.